The van der Waals surface area contributed by atoms with Crippen LogP contribution in [0.2, 0.25) is 0 Å². The minimum atomic E-state index is -0.359. The van der Waals surface area contributed by atoms with Gasteiger partial charge in [0.1, 0.15) is 0 Å². The predicted octanol–water partition coefficient (Wildman–Crippen LogP) is 2.11. The highest BCUT2D eigenvalue weighted by atomic mass is 16.6. The van der Waals surface area contributed by atoms with Gasteiger partial charge in [-0.15, -0.1) is 0 Å². The minimum Gasteiger partial charge on any atom is -0.393 e. The molecule has 1 aliphatic heterocycles. The molecule has 0 saturated carbocycles. The number of hydrogen-bond acceptors (Lipinski definition) is 4. The van der Waals surface area contributed by atoms with Crippen molar-refractivity contribution in [3.05, 3.63) is 33.9 Å². The third kappa shape index (κ3) is 2.46. The number of aliphatic hydroxyl groups excluding tert-OH is 1. The molecule has 5 nitrogen and oxygen atoms in total. The van der Waals surface area contributed by atoms with Crippen LogP contribution in [0.1, 0.15) is 18.9 Å². The van der Waals surface area contributed by atoms with Crippen LogP contribution in [-0.2, 0) is 0 Å². The second kappa shape index (κ2) is 4.94. The lowest BCUT2D eigenvalue weighted by Crippen LogP contribution is -2.41. The Morgan fingerprint density at radius 3 is 2.78 bits per heavy atom. The Morgan fingerprint density at radius 2 is 2.22 bits per heavy atom. The number of nitro groups is 1. The van der Waals surface area contributed by atoms with E-state index in [1.54, 1.807) is 19.1 Å². The summed E-state index contributed by atoms with van der Waals surface area (Å²) in [6.07, 6.45) is 0.511. The molecule has 2 atom stereocenters. The number of hydrogen-bond donors (Lipinski definition) is 1. The van der Waals surface area contributed by atoms with E-state index in [1.165, 1.54) is 0 Å². The Bertz CT molecular complexity index is 462. The average Bonchev–Trinajstić information content (AvgIpc) is 2.32. The number of piperidine rings is 1. The molecule has 1 saturated heterocycles. The van der Waals surface area contributed by atoms with E-state index >= 15 is 0 Å². The Kier molecular flexibility index (Phi) is 3.52. The molecule has 2 rings (SSSR count). The lowest BCUT2D eigenvalue weighted by atomic mass is 9.96. The largest absolute Gasteiger partial charge is 0.393 e. The summed E-state index contributed by atoms with van der Waals surface area (Å²) in [5.41, 5.74) is 1.83. The van der Waals surface area contributed by atoms with Gasteiger partial charge in [0.15, 0.2) is 0 Å². The van der Waals surface area contributed by atoms with Crippen LogP contribution in [0.3, 0.4) is 0 Å². The molecular formula is C13H18N2O3. The maximum atomic E-state index is 10.8. The van der Waals surface area contributed by atoms with Gasteiger partial charge in [-0.3, -0.25) is 10.1 Å². The van der Waals surface area contributed by atoms with E-state index < -0.39 is 0 Å². The Labute approximate surface area is 106 Å². The van der Waals surface area contributed by atoms with E-state index in [0.717, 1.165) is 25.2 Å². The number of anilines is 1. The van der Waals surface area contributed by atoms with E-state index in [-0.39, 0.29) is 22.6 Å². The zero-order valence-corrected chi connectivity index (χ0v) is 10.7. The van der Waals surface area contributed by atoms with Gasteiger partial charge >= 0.3 is 0 Å². The van der Waals surface area contributed by atoms with Crippen molar-refractivity contribution in [3.8, 4) is 0 Å². The van der Waals surface area contributed by atoms with Crippen LogP contribution in [0.4, 0.5) is 11.4 Å². The van der Waals surface area contributed by atoms with E-state index in [0.29, 0.717) is 5.56 Å². The predicted molar refractivity (Wildman–Crippen MR) is 69.8 cm³/mol. The second-order valence-corrected chi connectivity index (χ2v) is 5.01. The smallest absolute Gasteiger partial charge is 0.272 e. The Hall–Kier alpha value is -1.62. The SMILES string of the molecule is Cc1cc(N2CCC(O)C(C)C2)ccc1[N+](=O)[O-]. The quantitative estimate of drug-likeness (QED) is 0.645. The van der Waals surface area contributed by atoms with Gasteiger partial charge < -0.3 is 10.0 Å². The summed E-state index contributed by atoms with van der Waals surface area (Å²) in [6, 6.07) is 5.19. The number of aryl methyl sites for hydroxylation is 1. The van der Waals surface area contributed by atoms with Gasteiger partial charge in [0.25, 0.3) is 5.69 Å². The molecule has 2 unspecified atom stereocenters. The van der Waals surface area contributed by atoms with E-state index in [9.17, 15) is 15.2 Å². The zero-order valence-electron chi connectivity index (χ0n) is 10.7. The maximum Gasteiger partial charge on any atom is 0.272 e. The van der Waals surface area contributed by atoms with Crippen LogP contribution in [0, 0.1) is 23.0 Å². The van der Waals surface area contributed by atoms with Crippen LogP contribution in [0.25, 0.3) is 0 Å². The summed E-state index contributed by atoms with van der Waals surface area (Å²) in [5, 5.41) is 20.5. The first-order valence-corrected chi connectivity index (χ1v) is 6.17. The van der Waals surface area contributed by atoms with Gasteiger partial charge in [-0.2, -0.15) is 0 Å². The lowest BCUT2D eigenvalue weighted by molar-refractivity contribution is -0.385. The first-order chi connectivity index (χ1) is 8.49. The van der Waals surface area contributed by atoms with Crippen molar-refractivity contribution >= 4 is 11.4 Å². The van der Waals surface area contributed by atoms with Crippen LogP contribution in [0.15, 0.2) is 18.2 Å². The summed E-state index contributed by atoms with van der Waals surface area (Å²) in [7, 11) is 0. The number of rotatable bonds is 2. The summed E-state index contributed by atoms with van der Waals surface area (Å²) >= 11 is 0. The minimum absolute atomic E-state index is 0.156. The molecule has 98 valence electrons. The molecule has 1 fully saturated rings. The Morgan fingerprint density at radius 1 is 1.50 bits per heavy atom. The summed E-state index contributed by atoms with van der Waals surface area (Å²) in [5.74, 6) is 0.231. The van der Waals surface area contributed by atoms with E-state index in [2.05, 4.69) is 4.90 Å². The van der Waals surface area contributed by atoms with Crippen LogP contribution in [0.5, 0.6) is 0 Å². The molecule has 0 amide bonds. The van der Waals surface area contributed by atoms with Crippen molar-refractivity contribution in [2.24, 2.45) is 5.92 Å². The molecule has 5 heteroatoms. The normalized spacial score (nSPS) is 24.1. The molecule has 1 aromatic carbocycles. The summed E-state index contributed by atoms with van der Waals surface area (Å²) in [4.78, 5) is 12.6. The summed E-state index contributed by atoms with van der Waals surface area (Å²) < 4.78 is 0. The third-order valence-electron chi connectivity index (χ3n) is 3.60. The monoisotopic (exact) mass is 250 g/mol. The highest BCUT2D eigenvalue weighted by molar-refractivity contribution is 5.55. The number of aliphatic hydroxyl groups is 1. The molecule has 0 radical (unpaired) electrons. The van der Waals surface area contributed by atoms with Gasteiger partial charge in [0.05, 0.1) is 11.0 Å². The van der Waals surface area contributed by atoms with Crippen molar-refractivity contribution in [2.45, 2.75) is 26.4 Å². The average molecular weight is 250 g/mol. The molecule has 1 aliphatic rings. The van der Waals surface area contributed by atoms with Gasteiger partial charge in [0.2, 0.25) is 0 Å². The molecule has 0 bridgehead atoms. The molecule has 18 heavy (non-hydrogen) atoms. The first-order valence-electron chi connectivity index (χ1n) is 6.17. The fraction of sp³-hybridized carbons (Fsp3) is 0.538. The van der Waals surface area contributed by atoms with Crippen molar-refractivity contribution in [2.75, 3.05) is 18.0 Å². The Balaban J connectivity index is 2.19. The fourth-order valence-electron chi connectivity index (χ4n) is 2.41. The molecule has 1 heterocycles. The summed E-state index contributed by atoms with van der Waals surface area (Å²) in [6.45, 7) is 5.36. The van der Waals surface area contributed by atoms with Crippen LogP contribution < -0.4 is 4.90 Å². The van der Waals surface area contributed by atoms with Gasteiger partial charge in [0, 0.05) is 30.4 Å². The molecule has 1 N–H and O–H groups in total. The fourth-order valence-corrected chi connectivity index (χ4v) is 2.41. The van der Waals surface area contributed by atoms with E-state index in [4.69, 9.17) is 0 Å². The zero-order chi connectivity index (χ0) is 13.3. The lowest BCUT2D eigenvalue weighted by Gasteiger charge is -2.36. The number of benzene rings is 1. The van der Waals surface area contributed by atoms with Gasteiger partial charge in [-0.05, 0) is 31.4 Å². The topological polar surface area (TPSA) is 66.6 Å². The van der Waals surface area contributed by atoms with Crippen LogP contribution in [-0.4, -0.2) is 29.2 Å². The standard InChI is InChI=1S/C13H18N2O3/c1-9-7-11(3-4-12(9)15(17)18)14-6-5-13(16)10(2)8-14/h3-4,7,10,13,16H,5-6,8H2,1-2H3. The van der Waals surface area contributed by atoms with Crippen molar-refractivity contribution in [1.82, 2.24) is 0 Å². The van der Waals surface area contributed by atoms with Gasteiger partial charge in [-0.25, -0.2) is 0 Å². The molecule has 1 aromatic rings. The molecular weight excluding hydrogens is 232 g/mol. The first kappa shape index (κ1) is 12.8. The molecule has 0 aliphatic carbocycles. The highest BCUT2D eigenvalue weighted by Crippen LogP contribution is 2.27. The van der Waals surface area contributed by atoms with Crippen molar-refractivity contribution in [3.63, 3.8) is 0 Å². The van der Waals surface area contributed by atoms with Crippen LogP contribution >= 0.6 is 0 Å². The van der Waals surface area contributed by atoms with Crippen molar-refractivity contribution in [1.29, 1.82) is 0 Å². The second-order valence-electron chi connectivity index (χ2n) is 5.01. The molecule has 0 spiro atoms. The van der Waals surface area contributed by atoms with Crippen molar-refractivity contribution < 1.29 is 10.0 Å². The number of nitro benzene ring substituents is 1. The van der Waals surface area contributed by atoms with Gasteiger partial charge in [-0.1, -0.05) is 6.92 Å². The molecule has 0 aromatic heterocycles. The van der Waals surface area contributed by atoms with E-state index in [1.807, 2.05) is 13.0 Å². The highest BCUT2D eigenvalue weighted by Gasteiger charge is 2.25. The maximum absolute atomic E-state index is 10.8. The third-order valence-corrected chi connectivity index (χ3v) is 3.60. The number of nitrogens with zero attached hydrogens (tertiary/aromatic N) is 2.